The summed E-state index contributed by atoms with van der Waals surface area (Å²) in [6.07, 6.45) is 0. The van der Waals surface area contributed by atoms with Crippen molar-refractivity contribution in [3.8, 4) is 0 Å². The number of anilines is 1. The van der Waals surface area contributed by atoms with Gasteiger partial charge >= 0.3 is 5.97 Å². The maximum atomic E-state index is 13.2. The Hall–Kier alpha value is -2.21. The number of carbonyl (C=O) groups excluding carboxylic acids is 2. The Morgan fingerprint density at radius 2 is 1.78 bits per heavy atom. The van der Waals surface area contributed by atoms with Crippen LogP contribution in [0.4, 0.5) is 10.1 Å². The molecule has 0 atom stereocenters. The number of amides is 1. The zero-order chi connectivity index (χ0) is 17.0. The minimum Gasteiger partial charge on any atom is -0.452 e. The topological polar surface area (TPSA) is 55.4 Å². The van der Waals surface area contributed by atoms with E-state index < -0.39 is 24.3 Å². The van der Waals surface area contributed by atoms with Gasteiger partial charge in [0.05, 0.1) is 5.56 Å². The Kier molecular flexibility index (Phi) is 5.50. The number of benzene rings is 2. The molecule has 0 aliphatic heterocycles. The van der Waals surface area contributed by atoms with Gasteiger partial charge in [0.25, 0.3) is 5.91 Å². The van der Waals surface area contributed by atoms with Crippen molar-refractivity contribution in [1.82, 2.24) is 0 Å². The van der Waals surface area contributed by atoms with Gasteiger partial charge in [-0.1, -0.05) is 6.07 Å². The smallest absolute Gasteiger partial charge is 0.339 e. The second-order valence-electron chi connectivity index (χ2n) is 5.12. The van der Waals surface area contributed by atoms with Crippen LogP contribution in [0.25, 0.3) is 0 Å². The Labute approximate surface area is 141 Å². The monoisotopic (exact) mass is 379 g/mol. The van der Waals surface area contributed by atoms with Crippen LogP contribution >= 0.6 is 15.9 Å². The summed E-state index contributed by atoms with van der Waals surface area (Å²) in [6.45, 7) is 3.39. The van der Waals surface area contributed by atoms with Crippen LogP contribution in [-0.2, 0) is 9.53 Å². The van der Waals surface area contributed by atoms with E-state index in [9.17, 15) is 14.0 Å². The molecule has 0 aliphatic carbocycles. The van der Waals surface area contributed by atoms with Crippen molar-refractivity contribution >= 4 is 33.5 Å². The van der Waals surface area contributed by atoms with E-state index in [0.717, 1.165) is 17.2 Å². The first-order valence-electron chi connectivity index (χ1n) is 6.85. The Balaban J connectivity index is 1.96. The van der Waals surface area contributed by atoms with Crippen LogP contribution in [0.2, 0.25) is 0 Å². The molecule has 0 aliphatic rings. The lowest BCUT2D eigenvalue weighted by Gasteiger charge is -2.09. The zero-order valence-corrected chi connectivity index (χ0v) is 14.2. The van der Waals surface area contributed by atoms with Gasteiger partial charge in [0.2, 0.25) is 0 Å². The molecule has 1 N–H and O–H groups in total. The predicted molar refractivity (Wildman–Crippen MR) is 88.9 cm³/mol. The summed E-state index contributed by atoms with van der Waals surface area (Å²) in [5, 5.41) is 2.65. The van der Waals surface area contributed by atoms with Crippen LogP contribution in [0.5, 0.6) is 0 Å². The second kappa shape index (κ2) is 7.37. The van der Waals surface area contributed by atoms with Crippen molar-refractivity contribution in [2.75, 3.05) is 11.9 Å². The van der Waals surface area contributed by atoms with Crippen molar-refractivity contribution in [2.45, 2.75) is 13.8 Å². The van der Waals surface area contributed by atoms with E-state index in [0.29, 0.717) is 10.2 Å². The van der Waals surface area contributed by atoms with Gasteiger partial charge in [-0.05, 0) is 71.2 Å². The quantitative estimate of drug-likeness (QED) is 0.816. The normalized spacial score (nSPS) is 10.3. The summed E-state index contributed by atoms with van der Waals surface area (Å²) in [6, 6.07) is 9.28. The highest BCUT2D eigenvalue weighted by Gasteiger charge is 2.14. The highest BCUT2D eigenvalue weighted by molar-refractivity contribution is 9.10. The third-order valence-electron chi connectivity index (χ3n) is 2.99. The van der Waals surface area contributed by atoms with Gasteiger partial charge < -0.3 is 10.1 Å². The highest BCUT2D eigenvalue weighted by atomic mass is 79.9. The maximum absolute atomic E-state index is 13.2. The van der Waals surface area contributed by atoms with E-state index >= 15 is 0 Å². The van der Waals surface area contributed by atoms with Crippen molar-refractivity contribution in [3.05, 3.63) is 63.4 Å². The fourth-order valence-corrected chi connectivity index (χ4v) is 2.52. The molecule has 0 radical (unpaired) electrons. The van der Waals surface area contributed by atoms with Crippen molar-refractivity contribution < 1.29 is 18.7 Å². The first-order valence-corrected chi connectivity index (χ1v) is 7.65. The lowest BCUT2D eigenvalue weighted by Crippen LogP contribution is -2.21. The lowest BCUT2D eigenvalue weighted by atomic mass is 10.1. The van der Waals surface area contributed by atoms with E-state index in [1.54, 1.807) is 0 Å². The van der Waals surface area contributed by atoms with Gasteiger partial charge in [0.15, 0.2) is 6.61 Å². The summed E-state index contributed by atoms with van der Waals surface area (Å²) in [7, 11) is 0. The average Bonchev–Trinajstić information content (AvgIpc) is 2.46. The van der Waals surface area contributed by atoms with Gasteiger partial charge in [0.1, 0.15) is 5.82 Å². The van der Waals surface area contributed by atoms with Crippen LogP contribution in [0.1, 0.15) is 21.5 Å². The molecule has 6 heteroatoms. The van der Waals surface area contributed by atoms with E-state index in [1.165, 1.54) is 12.1 Å². The molecule has 0 saturated heterocycles. The Morgan fingerprint density at radius 1 is 1.13 bits per heavy atom. The fourth-order valence-electron chi connectivity index (χ4n) is 2.11. The summed E-state index contributed by atoms with van der Waals surface area (Å²) >= 11 is 3.14. The van der Waals surface area contributed by atoms with Crippen LogP contribution in [0, 0.1) is 19.7 Å². The SMILES string of the molecule is Cc1cc(C)cc(NC(=O)COC(=O)c2cc(F)ccc2Br)c1. The summed E-state index contributed by atoms with van der Waals surface area (Å²) in [5.74, 6) is -1.79. The molecular formula is C17H15BrFNO3. The molecule has 2 aromatic rings. The molecule has 0 saturated carbocycles. The molecule has 2 rings (SSSR count). The number of aryl methyl sites for hydroxylation is 2. The van der Waals surface area contributed by atoms with E-state index in [-0.39, 0.29) is 5.56 Å². The maximum Gasteiger partial charge on any atom is 0.339 e. The average molecular weight is 380 g/mol. The van der Waals surface area contributed by atoms with Crippen LogP contribution < -0.4 is 5.32 Å². The van der Waals surface area contributed by atoms with Gasteiger partial charge in [-0.25, -0.2) is 9.18 Å². The number of halogens is 2. The highest BCUT2D eigenvalue weighted by Crippen LogP contribution is 2.19. The largest absolute Gasteiger partial charge is 0.452 e. The first kappa shape index (κ1) is 17.1. The zero-order valence-electron chi connectivity index (χ0n) is 12.7. The number of ether oxygens (including phenoxy) is 1. The van der Waals surface area contributed by atoms with Crippen molar-refractivity contribution in [3.63, 3.8) is 0 Å². The van der Waals surface area contributed by atoms with Gasteiger partial charge in [0, 0.05) is 10.2 Å². The molecule has 4 nitrogen and oxygen atoms in total. The van der Waals surface area contributed by atoms with E-state index in [4.69, 9.17) is 4.74 Å². The van der Waals surface area contributed by atoms with Crippen LogP contribution in [-0.4, -0.2) is 18.5 Å². The molecule has 0 aromatic heterocycles. The third kappa shape index (κ3) is 4.89. The second-order valence-corrected chi connectivity index (χ2v) is 5.98. The number of esters is 1. The molecular weight excluding hydrogens is 365 g/mol. The van der Waals surface area contributed by atoms with Gasteiger partial charge in [-0.2, -0.15) is 0 Å². The van der Waals surface area contributed by atoms with E-state index in [2.05, 4.69) is 21.2 Å². The lowest BCUT2D eigenvalue weighted by molar-refractivity contribution is -0.119. The molecule has 0 bridgehead atoms. The predicted octanol–water partition coefficient (Wildman–Crippen LogP) is 4.00. The van der Waals surface area contributed by atoms with Gasteiger partial charge in [-0.15, -0.1) is 0 Å². The molecule has 2 aromatic carbocycles. The number of hydrogen-bond donors (Lipinski definition) is 1. The Bertz CT molecular complexity index is 741. The van der Waals surface area contributed by atoms with Crippen LogP contribution in [0.15, 0.2) is 40.9 Å². The summed E-state index contributed by atoms with van der Waals surface area (Å²) in [4.78, 5) is 23.7. The molecule has 0 fully saturated rings. The molecule has 0 heterocycles. The molecule has 0 spiro atoms. The van der Waals surface area contributed by atoms with E-state index in [1.807, 2.05) is 32.0 Å². The molecule has 120 valence electrons. The van der Waals surface area contributed by atoms with Crippen molar-refractivity contribution in [1.29, 1.82) is 0 Å². The Morgan fingerprint density at radius 3 is 2.43 bits per heavy atom. The molecule has 23 heavy (non-hydrogen) atoms. The van der Waals surface area contributed by atoms with Crippen LogP contribution in [0.3, 0.4) is 0 Å². The molecule has 0 unspecified atom stereocenters. The van der Waals surface area contributed by atoms with Crippen molar-refractivity contribution in [2.24, 2.45) is 0 Å². The number of nitrogens with one attached hydrogen (secondary N) is 1. The summed E-state index contributed by atoms with van der Waals surface area (Å²) < 4.78 is 18.5. The minimum atomic E-state index is -0.771. The fraction of sp³-hybridized carbons (Fsp3) is 0.176. The number of hydrogen-bond acceptors (Lipinski definition) is 3. The standard InChI is InChI=1S/C17H15BrFNO3/c1-10-5-11(2)7-13(6-10)20-16(21)9-23-17(22)14-8-12(19)3-4-15(14)18/h3-8H,9H2,1-2H3,(H,20,21). The first-order chi connectivity index (χ1) is 10.8. The molecule has 1 amide bonds. The minimum absolute atomic E-state index is 0.0317. The number of carbonyl (C=O) groups is 2. The third-order valence-corrected chi connectivity index (χ3v) is 3.68. The summed E-state index contributed by atoms with van der Waals surface area (Å²) in [5.41, 5.74) is 2.70. The van der Waals surface area contributed by atoms with Gasteiger partial charge in [-0.3, -0.25) is 4.79 Å². The number of rotatable bonds is 4.